The van der Waals surface area contributed by atoms with Crippen LogP contribution in [0.2, 0.25) is 0 Å². The summed E-state index contributed by atoms with van der Waals surface area (Å²) in [5.74, 6) is 0. The second kappa shape index (κ2) is 8.16. The minimum absolute atomic E-state index is 0.484. The molecule has 2 heterocycles. The largest absolute Gasteiger partial charge is 0.345 e. The Kier molecular flexibility index (Phi) is 5.44. The van der Waals surface area contributed by atoms with E-state index < -0.39 is 0 Å². The molecule has 2 heteroatoms. The van der Waals surface area contributed by atoms with E-state index in [0.717, 1.165) is 6.42 Å². The van der Waals surface area contributed by atoms with Crippen molar-refractivity contribution in [3.05, 3.63) is 96.2 Å². The van der Waals surface area contributed by atoms with E-state index in [4.69, 9.17) is 0 Å². The zero-order valence-corrected chi connectivity index (χ0v) is 17.8. The lowest BCUT2D eigenvalue weighted by Gasteiger charge is -2.36. The number of hydrogen-bond donors (Lipinski definition) is 0. The van der Waals surface area contributed by atoms with Gasteiger partial charge in [0, 0.05) is 41.6 Å². The van der Waals surface area contributed by atoms with Gasteiger partial charge < -0.3 is 9.47 Å². The minimum Gasteiger partial charge on any atom is -0.345 e. The summed E-state index contributed by atoms with van der Waals surface area (Å²) in [7, 11) is 0. The zero-order valence-electron chi connectivity index (χ0n) is 17.8. The highest BCUT2D eigenvalue weighted by atomic mass is 15.2. The van der Waals surface area contributed by atoms with Gasteiger partial charge in [-0.05, 0) is 68.5 Å². The van der Waals surface area contributed by atoms with Crippen LogP contribution in [0.25, 0.3) is 10.9 Å². The number of nitrogens with zero attached hydrogens (tertiary/aromatic N) is 2. The van der Waals surface area contributed by atoms with E-state index in [1.165, 1.54) is 33.4 Å². The number of para-hydroxylation sites is 3. The van der Waals surface area contributed by atoms with Crippen molar-refractivity contribution in [2.45, 2.75) is 46.2 Å². The van der Waals surface area contributed by atoms with Crippen molar-refractivity contribution in [2.24, 2.45) is 0 Å². The van der Waals surface area contributed by atoms with Crippen molar-refractivity contribution in [1.82, 2.24) is 4.57 Å². The van der Waals surface area contributed by atoms with E-state index in [9.17, 15) is 0 Å². The molecular formula is C27H30N2. The molecule has 0 saturated heterocycles. The van der Waals surface area contributed by atoms with Gasteiger partial charge in [-0.2, -0.15) is 0 Å². The van der Waals surface area contributed by atoms with Crippen molar-refractivity contribution < 1.29 is 0 Å². The number of hydrogen-bond acceptors (Lipinski definition) is 1. The highest BCUT2D eigenvalue weighted by molar-refractivity contribution is 5.80. The first-order valence-electron chi connectivity index (χ1n) is 10.6. The molecule has 0 amide bonds. The Morgan fingerprint density at radius 3 is 1.76 bits per heavy atom. The molecule has 0 spiro atoms. The molecular weight excluding hydrogens is 352 g/mol. The van der Waals surface area contributed by atoms with E-state index in [1.54, 1.807) is 0 Å². The van der Waals surface area contributed by atoms with Crippen molar-refractivity contribution >= 4 is 22.3 Å². The molecule has 0 unspecified atom stereocenters. The molecule has 1 aliphatic heterocycles. The summed E-state index contributed by atoms with van der Waals surface area (Å²) in [4.78, 5) is 2.44. The first-order valence-corrected chi connectivity index (χ1v) is 10.6. The standard InChI is InChI=1S/C16H17N.C11H13N/c1-12(2)17-15-9-5-3-7-13(15)11-14-8-4-6-10-16(14)17;1-9(2)12-8-7-10-5-3-4-6-11(10)12/h3-10,12H,11H2,1-2H3;3-9H,1-2H3. The van der Waals surface area contributed by atoms with Gasteiger partial charge in [0.15, 0.2) is 0 Å². The predicted octanol–water partition coefficient (Wildman–Crippen LogP) is 7.36. The monoisotopic (exact) mass is 382 g/mol. The Morgan fingerprint density at radius 1 is 0.621 bits per heavy atom. The third kappa shape index (κ3) is 3.80. The molecule has 0 N–H and O–H groups in total. The van der Waals surface area contributed by atoms with Crippen LogP contribution in [0, 0.1) is 0 Å². The van der Waals surface area contributed by atoms with Crippen molar-refractivity contribution in [1.29, 1.82) is 0 Å². The van der Waals surface area contributed by atoms with Gasteiger partial charge in [-0.3, -0.25) is 0 Å². The van der Waals surface area contributed by atoms with E-state index in [2.05, 4.69) is 122 Å². The fourth-order valence-corrected chi connectivity index (χ4v) is 4.24. The predicted molar refractivity (Wildman–Crippen MR) is 125 cm³/mol. The lowest BCUT2D eigenvalue weighted by Crippen LogP contribution is -2.29. The van der Waals surface area contributed by atoms with Crippen molar-refractivity contribution in [3.63, 3.8) is 0 Å². The Labute approximate surface area is 174 Å². The number of aromatic nitrogens is 1. The third-order valence-electron chi connectivity index (χ3n) is 5.59. The summed E-state index contributed by atoms with van der Waals surface area (Å²) in [5, 5.41) is 1.33. The molecule has 0 fully saturated rings. The summed E-state index contributed by atoms with van der Waals surface area (Å²) in [6.45, 7) is 8.90. The van der Waals surface area contributed by atoms with E-state index in [-0.39, 0.29) is 0 Å². The van der Waals surface area contributed by atoms with Gasteiger partial charge >= 0.3 is 0 Å². The summed E-state index contributed by atoms with van der Waals surface area (Å²) >= 11 is 0. The fraction of sp³-hybridized carbons (Fsp3) is 0.259. The second-order valence-corrected chi connectivity index (χ2v) is 8.27. The van der Waals surface area contributed by atoms with Crippen LogP contribution >= 0.6 is 0 Å². The average Bonchev–Trinajstić information content (AvgIpc) is 3.16. The van der Waals surface area contributed by atoms with Crippen LogP contribution in [0.4, 0.5) is 11.4 Å². The van der Waals surface area contributed by atoms with Crippen LogP contribution in [0.1, 0.15) is 44.9 Å². The van der Waals surface area contributed by atoms with E-state index >= 15 is 0 Å². The molecule has 29 heavy (non-hydrogen) atoms. The number of benzene rings is 3. The molecule has 148 valence electrons. The summed E-state index contributed by atoms with van der Waals surface area (Å²) in [5.41, 5.74) is 6.91. The normalized spacial score (nSPS) is 12.6. The summed E-state index contributed by atoms with van der Waals surface area (Å²) in [6.07, 6.45) is 3.20. The Bertz CT molecular complexity index is 1060. The van der Waals surface area contributed by atoms with Crippen LogP contribution < -0.4 is 4.90 Å². The molecule has 4 aromatic rings. The molecule has 0 radical (unpaired) electrons. The molecule has 0 saturated carbocycles. The van der Waals surface area contributed by atoms with Crippen LogP contribution in [0.15, 0.2) is 85.1 Å². The Hall–Kier alpha value is -3.00. The van der Waals surface area contributed by atoms with Gasteiger partial charge in [0.05, 0.1) is 0 Å². The minimum atomic E-state index is 0.484. The Morgan fingerprint density at radius 2 is 1.17 bits per heavy atom. The molecule has 1 aliphatic rings. The lowest BCUT2D eigenvalue weighted by atomic mass is 9.94. The van der Waals surface area contributed by atoms with Crippen molar-refractivity contribution in [2.75, 3.05) is 4.90 Å². The summed E-state index contributed by atoms with van der Waals surface area (Å²) in [6, 6.07) is 29.1. The third-order valence-corrected chi connectivity index (χ3v) is 5.59. The summed E-state index contributed by atoms with van der Waals surface area (Å²) < 4.78 is 2.29. The van der Waals surface area contributed by atoms with Gasteiger partial charge in [-0.15, -0.1) is 0 Å². The van der Waals surface area contributed by atoms with Gasteiger partial charge in [0.1, 0.15) is 0 Å². The smallest absolute Gasteiger partial charge is 0.0482 e. The molecule has 0 bridgehead atoms. The molecule has 1 aromatic heterocycles. The quantitative estimate of drug-likeness (QED) is 0.351. The van der Waals surface area contributed by atoms with Crippen LogP contribution in [0.3, 0.4) is 0 Å². The highest BCUT2D eigenvalue weighted by Crippen LogP contribution is 2.39. The van der Waals surface area contributed by atoms with Crippen molar-refractivity contribution in [3.8, 4) is 0 Å². The van der Waals surface area contributed by atoms with Gasteiger partial charge in [-0.25, -0.2) is 0 Å². The van der Waals surface area contributed by atoms with Gasteiger partial charge in [-0.1, -0.05) is 54.6 Å². The molecule has 0 atom stereocenters. The van der Waals surface area contributed by atoms with Crippen LogP contribution in [0.5, 0.6) is 0 Å². The lowest BCUT2D eigenvalue weighted by molar-refractivity contribution is 0.623. The van der Waals surface area contributed by atoms with Crippen LogP contribution in [-0.2, 0) is 6.42 Å². The van der Waals surface area contributed by atoms with Gasteiger partial charge in [0.25, 0.3) is 0 Å². The fourth-order valence-electron chi connectivity index (χ4n) is 4.24. The first-order chi connectivity index (χ1) is 14.1. The van der Waals surface area contributed by atoms with Crippen LogP contribution in [-0.4, -0.2) is 10.6 Å². The van der Waals surface area contributed by atoms with E-state index in [1.807, 2.05) is 0 Å². The molecule has 3 aromatic carbocycles. The number of rotatable bonds is 2. The SMILES string of the molecule is CC(C)N1c2ccccc2Cc2ccccc21.CC(C)n1ccc2ccccc21. The maximum absolute atomic E-state index is 2.44. The van der Waals surface area contributed by atoms with E-state index in [0.29, 0.717) is 12.1 Å². The number of fused-ring (bicyclic) bond motifs is 3. The zero-order chi connectivity index (χ0) is 20.4. The molecule has 2 nitrogen and oxygen atoms in total. The van der Waals surface area contributed by atoms with Gasteiger partial charge in [0.2, 0.25) is 0 Å². The number of anilines is 2. The second-order valence-electron chi connectivity index (χ2n) is 8.27. The molecule has 0 aliphatic carbocycles. The molecule has 5 rings (SSSR count). The maximum Gasteiger partial charge on any atom is 0.0482 e. The first kappa shape index (κ1) is 19.3. The Balaban J connectivity index is 0.000000150. The topological polar surface area (TPSA) is 8.17 Å². The highest BCUT2D eigenvalue weighted by Gasteiger charge is 2.23. The average molecular weight is 383 g/mol. The maximum atomic E-state index is 2.44.